The molecule has 5 nitrogen and oxygen atoms in total. The molecule has 0 atom stereocenters. The van der Waals surface area contributed by atoms with Gasteiger partial charge < -0.3 is 5.32 Å². The molecule has 0 amide bonds. The molecule has 20 heavy (non-hydrogen) atoms. The van der Waals surface area contributed by atoms with Gasteiger partial charge in [0.2, 0.25) is 0 Å². The summed E-state index contributed by atoms with van der Waals surface area (Å²) in [6.07, 6.45) is 14.3. The molecule has 5 heteroatoms. The molecular weight excluding hydrogens is 254 g/mol. The molecule has 0 aromatic heterocycles. The van der Waals surface area contributed by atoms with Gasteiger partial charge in [-0.1, -0.05) is 57.6 Å². The molecule has 0 aromatic rings. The predicted octanol–water partition coefficient (Wildman–Crippen LogP) is 4.21. The summed E-state index contributed by atoms with van der Waals surface area (Å²) >= 11 is 0. The highest BCUT2D eigenvalue weighted by atomic mass is 16.6. The molecule has 0 bridgehead atoms. The van der Waals surface area contributed by atoms with Crippen molar-refractivity contribution in [2.24, 2.45) is 4.99 Å². The average Bonchev–Trinajstić information content (AvgIpc) is 2.49. The maximum atomic E-state index is 11.0. The van der Waals surface area contributed by atoms with E-state index in [0.29, 0.717) is 0 Å². The molecule has 2 saturated carbocycles. The zero-order valence-electron chi connectivity index (χ0n) is 12.0. The van der Waals surface area contributed by atoms with Crippen LogP contribution in [-0.4, -0.2) is 23.2 Å². The van der Waals surface area contributed by atoms with E-state index in [2.05, 4.69) is 10.3 Å². The van der Waals surface area contributed by atoms with E-state index in [4.69, 9.17) is 0 Å². The van der Waals surface area contributed by atoms with Crippen LogP contribution in [-0.2, 0) is 0 Å². The highest BCUT2D eigenvalue weighted by Crippen LogP contribution is 2.24. The lowest BCUT2D eigenvalue weighted by Crippen LogP contribution is -2.12. The van der Waals surface area contributed by atoms with Gasteiger partial charge in [0.1, 0.15) is 0 Å². The highest BCUT2D eigenvalue weighted by molar-refractivity contribution is 5.76. The first-order valence-electron chi connectivity index (χ1n) is 7.83. The standard InChI is InChI=1S/C15H24N3O2/c19-18(20)15(11-16-13-7-3-1-4-8-13)12-17-14-9-5-2-6-10-14/h11-14H,1-10H2/q-1. The van der Waals surface area contributed by atoms with Crippen molar-refractivity contribution in [1.29, 1.82) is 0 Å². The summed E-state index contributed by atoms with van der Waals surface area (Å²) in [5.74, 6) is 0. The molecule has 0 saturated heterocycles. The molecule has 2 aliphatic rings. The Labute approximate surface area is 120 Å². The molecular formula is C15H24N3O2-. The number of hydrogen-bond acceptors (Lipinski definition) is 3. The first-order chi connectivity index (χ1) is 9.75. The second-order valence-electron chi connectivity index (χ2n) is 5.82. The molecule has 2 rings (SSSR count). The summed E-state index contributed by atoms with van der Waals surface area (Å²) < 4.78 is 0. The van der Waals surface area contributed by atoms with Crippen LogP contribution in [0.1, 0.15) is 64.2 Å². The van der Waals surface area contributed by atoms with E-state index in [1.165, 1.54) is 50.9 Å². The van der Waals surface area contributed by atoms with Gasteiger partial charge in [0.25, 0.3) is 5.70 Å². The van der Waals surface area contributed by atoms with Crippen molar-refractivity contribution in [2.45, 2.75) is 76.3 Å². The van der Waals surface area contributed by atoms with Gasteiger partial charge in [-0.05, 0) is 12.8 Å². The minimum absolute atomic E-state index is 0.0288. The van der Waals surface area contributed by atoms with Crippen molar-refractivity contribution in [3.63, 3.8) is 0 Å². The van der Waals surface area contributed by atoms with E-state index < -0.39 is 0 Å². The minimum atomic E-state index is -0.376. The zero-order chi connectivity index (χ0) is 14.2. The first-order valence-corrected chi connectivity index (χ1v) is 7.83. The molecule has 0 radical (unpaired) electrons. The maximum absolute atomic E-state index is 11.0. The van der Waals surface area contributed by atoms with Crippen molar-refractivity contribution >= 4 is 6.21 Å². The summed E-state index contributed by atoms with van der Waals surface area (Å²) in [6.45, 7) is 0. The van der Waals surface area contributed by atoms with Gasteiger partial charge >= 0.3 is 0 Å². The Balaban J connectivity index is 1.88. The van der Waals surface area contributed by atoms with Crippen LogP contribution in [0.2, 0.25) is 0 Å². The van der Waals surface area contributed by atoms with E-state index in [9.17, 15) is 10.1 Å². The predicted molar refractivity (Wildman–Crippen MR) is 80.7 cm³/mol. The molecule has 0 N–H and O–H groups in total. The molecule has 0 spiro atoms. The van der Waals surface area contributed by atoms with Crippen molar-refractivity contribution in [3.05, 3.63) is 27.3 Å². The van der Waals surface area contributed by atoms with Crippen LogP contribution in [0.15, 0.2) is 16.9 Å². The van der Waals surface area contributed by atoms with Gasteiger partial charge in [0.05, 0.1) is 17.2 Å². The van der Waals surface area contributed by atoms with E-state index in [-0.39, 0.29) is 22.7 Å². The molecule has 0 aliphatic heterocycles. The monoisotopic (exact) mass is 278 g/mol. The summed E-state index contributed by atoms with van der Waals surface area (Å²) in [5.41, 5.74) is 0.0288. The third kappa shape index (κ3) is 4.94. The number of nitrogens with zero attached hydrogens (tertiary/aromatic N) is 3. The van der Waals surface area contributed by atoms with Crippen LogP contribution in [0.5, 0.6) is 0 Å². The van der Waals surface area contributed by atoms with Gasteiger partial charge in [0.15, 0.2) is 0 Å². The third-order valence-electron chi connectivity index (χ3n) is 4.20. The van der Waals surface area contributed by atoms with Crippen LogP contribution in [0, 0.1) is 10.1 Å². The zero-order valence-corrected chi connectivity index (χ0v) is 12.0. The molecule has 0 aromatic carbocycles. The Bertz CT molecular complexity index is 367. The Kier molecular flexibility index (Phi) is 6.02. The maximum Gasteiger partial charge on any atom is 0.265 e. The number of allylic oxidation sites excluding steroid dienone is 1. The Morgan fingerprint density at radius 1 is 1.05 bits per heavy atom. The second-order valence-corrected chi connectivity index (χ2v) is 5.82. The Hall–Kier alpha value is -1.39. The average molecular weight is 278 g/mol. The normalized spacial score (nSPS) is 23.1. The van der Waals surface area contributed by atoms with Crippen molar-refractivity contribution in [2.75, 3.05) is 0 Å². The number of rotatable bonds is 5. The lowest BCUT2D eigenvalue weighted by molar-refractivity contribution is -0.414. The second kappa shape index (κ2) is 8.02. The lowest BCUT2D eigenvalue weighted by Gasteiger charge is -2.32. The Morgan fingerprint density at radius 3 is 2.25 bits per heavy atom. The number of aliphatic imine (C=N–C) groups is 1. The quantitative estimate of drug-likeness (QED) is 0.429. The van der Waals surface area contributed by atoms with Gasteiger partial charge in [-0.3, -0.25) is 15.1 Å². The van der Waals surface area contributed by atoms with Crippen molar-refractivity contribution < 1.29 is 4.92 Å². The van der Waals surface area contributed by atoms with Crippen molar-refractivity contribution in [1.82, 2.24) is 0 Å². The summed E-state index contributed by atoms with van der Waals surface area (Å²) in [6, 6.07) is 0.531. The van der Waals surface area contributed by atoms with Crippen LogP contribution in [0.4, 0.5) is 0 Å². The highest BCUT2D eigenvalue weighted by Gasteiger charge is 2.12. The fourth-order valence-corrected chi connectivity index (χ4v) is 2.95. The van der Waals surface area contributed by atoms with Gasteiger partial charge in [-0.25, -0.2) is 0 Å². The van der Waals surface area contributed by atoms with Crippen LogP contribution in [0.3, 0.4) is 0 Å². The van der Waals surface area contributed by atoms with Crippen LogP contribution < -0.4 is 0 Å². The van der Waals surface area contributed by atoms with Gasteiger partial charge in [-0.15, -0.1) is 6.04 Å². The number of hydrogen-bond donors (Lipinski definition) is 0. The number of nitro groups is 1. The van der Waals surface area contributed by atoms with Crippen LogP contribution >= 0.6 is 0 Å². The molecule has 0 heterocycles. The van der Waals surface area contributed by atoms with Gasteiger partial charge in [-0.2, -0.15) is 0 Å². The third-order valence-corrected chi connectivity index (χ3v) is 4.20. The molecule has 2 aliphatic carbocycles. The van der Waals surface area contributed by atoms with E-state index in [1.54, 1.807) is 0 Å². The fourth-order valence-electron chi connectivity index (χ4n) is 2.95. The first kappa shape index (κ1) is 15.0. The topological polar surface area (TPSA) is 69.6 Å². The minimum Gasteiger partial charge on any atom is -0.682 e. The molecule has 0 unspecified atom stereocenters. The fraction of sp³-hybridized carbons (Fsp3) is 0.800. The molecule has 2 fully saturated rings. The van der Waals surface area contributed by atoms with E-state index in [0.717, 1.165) is 25.7 Å². The largest absolute Gasteiger partial charge is 0.682 e. The van der Waals surface area contributed by atoms with Crippen LogP contribution in [0.25, 0.3) is 5.32 Å². The molecule has 112 valence electrons. The van der Waals surface area contributed by atoms with Gasteiger partial charge in [0, 0.05) is 0 Å². The summed E-state index contributed by atoms with van der Waals surface area (Å²) in [5, 5.41) is 15.4. The van der Waals surface area contributed by atoms with Crippen molar-refractivity contribution in [3.8, 4) is 0 Å². The Morgan fingerprint density at radius 2 is 1.65 bits per heavy atom. The lowest BCUT2D eigenvalue weighted by atomic mass is 9.96. The smallest absolute Gasteiger partial charge is 0.265 e. The van der Waals surface area contributed by atoms with E-state index >= 15 is 0 Å². The SMILES string of the molecule is O=[N+]([O-])C(C=NC1CCCCC1)=C[N-]C1CCCCC1. The summed E-state index contributed by atoms with van der Waals surface area (Å²) in [4.78, 5) is 15.0. The summed E-state index contributed by atoms with van der Waals surface area (Å²) in [7, 11) is 0. The van der Waals surface area contributed by atoms with E-state index in [1.807, 2.05) is 0 Å².